The fraction of sp³-hybridized carbons (Fsp3) is 0.917. The van der Waals surface area contributed by atoms with E-state index in [1.165, 1.54) is 19.3 Å². The fourth-order valence-electron chi connectivity index (χ4n) is 3.84. The van der Waals surface area contributed by atoms with E-state index in [0.29, 0.717) is 5.92 Å². The smallest absolute Gasteiger partial charge is 0.312 e. The highest BCUT2D eigenvalue weighted by atomic mass is 16.6. The number of fused-ring (bicyclic) bond motifs is 2. The van der Waals surface area contributed by atoms with Crippen molar-refractivity contribution in [2.75, 3.05) is 0 Å². The number of esters is 1. The molecule has 2 aliphatic heterocycles. The van der Waals surface area contributed by atoms with Gasteiger partial charge in [-0.25, -0.2) is 0 Å². The molecule has 4 fully saturated rings. The summed E-state index contributed by atoms with van der Waals surface area (Å²) in [5.41, 5.74) is -0.156. The normalized spacial score (nSPS) is 51.2. The molecule has 2 nitrogen and oxygen atoms in total. The van der Waals surface area contributed by atoms with Crippen LogP contribution in [-0.2, 0) is 9.53 Å². The first-order chi connectivity index (χ1) is 6.65. The lowest BCUT2D eigenvalue weighted by atomic mass is 9.54. The van der Waals surface area contributed by atoms with Gasteiger partial charge in [-0.15, -0.1) is 0 Å². The third-order valence-corrected chi connectivity index (χ3v) is 4.73. The predicted octanol–water partition coefficient (Wildman–Crippen LogP) is 2.66. The standard InChI is InChI=1S/C12H18O2/c1-11-6-7-12(10(13)14-11)5-3-2-4-9(12)8-11/h9H,2-8H2,1H3. The second-order valence-corrected chi connectivity index (χ2v) is 5.64. The Morgan fingerprint density at radius 1 is 1.29 bits per heavy atom. The van der Waals surface area contributed by atoms with Crippen LogP contribution in [0.15, 0.2) is 0 Å². The van der Waals surface area contributed by atoms with Gasteiger partial charge in [-0.05, 0) is 44.9 Å². The van der Waals surface area contributed by atoms with Gasteiger partial charge in [-0.3, -0.25) is 4.79 Å². The van der Waals surface area contributed by atoms with Crippen molar-refractivity contribution in [2.45, 2.75) is 57.5 Å². The summed E-state index contributed by atoms with van der Waals surface area (Å²) in [5, 5.41) is 0. The molecule has 0 aromatic carbocycles. The van der Waals surface area contributed by atoms with Crippen LogP contribution in [0.1, 0.15) is 51.9 Å². The van der Waals surface area contributed by atoms with Crippen LogP contribution in [0.4, 0.5) is 0 Å². The van der Waals surface area contributed by atoms with Gasteiger partial charge in [-0.1, -0.05) is 12.8 Å². The minimum Gasteiger partial charge on any atom is -0.459 e. The maximum Gasteiger partial charge on any atom is 0.312 e. The molecule has 0 amide bonds. The first-order valence-electron chi connectivity index (χ1n) is 5.88. The summed E-state index contributed by atoms with van der Waals surface area (Å²) in [4.78, 5) is 12.0. The van der Waals surface area contributed by atoms with E-state index >= 15 is 0 Å². The lowest BCUT2D eigenvalue weighted by molar-refractivity contribution is -0.217. The Balaban J connectivity index is 1.99. The molecule has 1 spiro atoms. The Morgan fingerprint density at radius 3 is 2.93 bits per heavy atom. The highest BCUT2D eigenvalue weighted by Crippen LogP contribution is 2.58. The number of carbonyl (C=O) groups excluding carboxylic acids is 1. The Hall–Kier alpha value is -0.530. The first kappa shape index (κ1) is 8.75. The lowest BCUT2D eigenvalue weighted by Crippen LogP contribution is -2.58. The van der Waals surface area contributed by atoms with Crippen molar-refractivity contribution in [3.8, 4) is 0 Å². The SMILES string of the molecule is CC12CCC3(CCCCC3C1)C(=O)O2. The highest BCUT2D eigenvalue weighted by Gasteiger charge is 2.59. The zero-order valence-corrected chi connectivity index (χ0v) is 8.84. The molecule has 2 saturated heterocycles. The summed E-state index contributed by atoms with van der Waals surface area (Å²) in [5.74, 6) is 0.762. The molecule has 2 saturated carbocycles. The van der Waals surface area contributed by atoms with E-state index in [2.05, 4.69) is 6.92 Å². The van der Waals surface area contributed by atoms with Crippen LogP contribution in [0.2, 0.25) is 0 Å². The van der Waals surface area contributed by atoms with Crippen LogP contribution in [0, 0.1) is 11.3 Å². The van der Waals surface area contributed by atoms with Crippen molar-refractivity contribution >= 4 is 5.97 Å². The van der Waals surface area contributed by atoms with Gasteiger partial charge in [0, 0.05) is 0 Å². The summed E-state index contributed by atoms with van der Waals surface area (Å²) >= 11 is 0. The van der Waals surface area contributed by atoms with Crippen LogP contribution in [0.3, 0.4) is 0 Å². The van der Waals surface area contributed by atoms with Crippen LogP contribution in [0.25, 0.3) is 0 Å². The van der Waals surface area contributed by atoms with Crippen molar-refractivity contribution in [1.82, 2.24) is 0 Å². The zero-order chi connectivity index (χ0) is 9.81. The third kappa shape index (κ3) is 0.945. The minimum absolute atomic E-state index is 0.0456. The molecule has 4 aliphatic rings. The Morgan fingerprint density at radius 2 is 2.14 bits per heavy atom. The second-order valence-electron chi connectivity index (χ2n) is 5.64. The number of hydrogen-bond acceptors (Lipinski definition) is 2. The van der Waals surface area contributed by atoms with Crippen LogP contribution >= 0.6 is 0 Å². The molecular formula is C12H18O2. The Bertz CT molecular complexity index is 286. The molecule has 0 N–H and O–H groups in total. The molecular weight excluding hydrogens is 176 g/mol. The van der Waals surface area contributed by atoms with E-state index in [4.69, 9.17) is 4.74 Å². The maximum absolute atomic E-state index is 12.0. The fourth-order valence-corrected chi connectivity index (χ4v) is 3.84. The molecule has 2 aliphatic carbocycles. The average molecular weight is 194 g/mol. The summed E-state index contributed by atoms with van der Waals surface area (Å²) in [6, 6.07) is 0. The van der Waals surface area contributed by atoms with Crippen molar-refractivity contribution in [1.29, 1.82) is 0 Å². The molecule has 3 atom stereocenters. The van der Waals surface area contributed by atoms with E-state index in [9.17, 15) is 4.79 Å². The number of hydrogen-bond donors (Lipinski definition) is 0. The first-order valence-corrected chi connectivity index (χ1v) is 5.88. The third-order valence-electron chi connectivity index (χ3n) is 4.73. The zero-order valence-electron chi connectivity index (χ0n) is 8.84. The molecule has 0 aromatic heterocycles. The van der Waals surface area contributed by atoms with E-state index in [1.807, 2.05) is 0 Å². The summed E-state index contributed by atoms with van der Waals surface area (Å²) < 4.78 is 5.59. The van der Waals surface area contributed by atoms with E-state index in [0.717, 1.165) is 25.7 Å². The van der Waals surface area contributed by atoms with Crippen LogP contribution in [0.5, 0.6) is 0 Å². The predicted molar refractivity (Wildman–Crippen MR) is 52.7 cm³/mol. The molecule has 2 bridgehead atoms. The molecule has 3 unspecified atom stereocenters. The minimum atomic E-state index is -0.110. The number of rotatable bonds is 0. The molecule has 2 heterocycles. The lowest BCUT2D eigenvalue weighted by Gasteiger charge is -2.56. The monoisotopic (exact) mass is 194 g/mol. The van der Waals surface area contributed by atoms with Gasteiger partial charge < -0.3 is 4.74 Å². The summed E-state index contributed by atoms with van der Waals surface area (Å²) in [6.45, 7) is 2.11. The number of ether oxygens (including phenoxy) is 1. The van der Waals surface area contributed by atoms with Gasteiger partial charge in [0.2, 0.25) is 0 Å². The van der Waals surface area contributed by atoms with Crippen molar-refractivity contribution < 1.29 is 9.53 Å². The van der Waals surface area contributed by atoms with Gasteiger partial charge in [0.15, 0.2) is 0 Å². The van der Waals surface area contributed by atoms with Gasteiger partial charge in [0.05, 0.1) is 5.41 Å². The molecule has 4 rings (SSSR count). The molecule has 0 radical (unpaired) electrons. The summed E-state index contributed by atoms with van der Waals surface area (Å²) in [7, 11) is 0. The van der Waals surface area contributed by atoms with E-state index in [-0.39, 0.29) is 17.0 Å². The summed E-state index contributed by atoms with van der Waals surface area (Å²) in [6.07, 6.45) is 8.19. The largest absolute Gasteiger partial charge is 0.459 e. The van der Waals surface area contributed by atoms with Crippen LogP contribution < -0.4 is 0 Å². The quantitative estimate of drug-likeness (QED) is 0.554. The van der Waals surface area contributed by atoms with E-state index < -0.39 is 0 Å². The average Bonchev–Trinajstić information content (AvgIpc) is 2.16. The highest BCUT2D eigenvalue weighted by molar-refractivity contribution is 5.79. The van der Waals surface area contributed by atoms with Crippen molar-refractivity contribution in [3.63, 3.8) is 0 Å². The van der Waals surface area contributed by atoms with Gasteiger partial charge in [-0.2, -0.15) is 0 Å². The second kappa shape index (κ2) is 2.53. The molecule has 0 aromatic rings. The van der Waals surface area contributed by atoms with Gasteiger partial charge >= 0.3 is 5.97 Å². The van der Waals surface area contributed by atoms with E-state index in [1.54, 1.807) is 0 Å². The Kier molecular flexibility index (Phi) is 1.58. The number of carbonyl (C=O) groups is 1. The molecule has 14 heavy (non-hydrogen) atoms. The van der Waals surface area contributed by atoms with Crippen LogP contribution in [-0.4, -0.2) is 11.6 Å². The van der Waals surface area contributed by atoms with Gasteiger partial charge in [0.25, 0.3) is 0 Å². The van der Waals surface area contributed by atoms with Crippen molar-refractivity contribution in [2.24, 2.45) is 11.3 Å². The molecule has 2 heteroatoms. The van der Waals surface area contributed by atoms with Crippen molar-refractivity contribution in [3.05, 3.63) is 0 Å². The van der Waals surface area contributed by atoms with Gasteiger partial charge in [0.1, 0.15) is 5.60 Å². The Labute approximate surface area is 85.0 Å². The molecule has 78 valence electrons. The maximum atomic E-state index is 12.0. The topological polar surface area (TPSA) is 26.3 Å².